The van der Waals surface area contributed by atoms with Gasteiger partial charge in [-0.2, -0.15) is 5.10 Å². The Morgan fingerprint density at radius 3 is 2.95 bits per heavy atom. The van der Waals surface area contributed by atoms with Crippen molar-refractivity contribution in [1.29, 1.82) is 0 Å². The largest absolute Gasteiger partial charge is 0.312 e. The molecule has 3 heterocycles. The molecule has 1 fully saturated rings. The molecule has 6 heteroatoms. The van der Waals surface area contributed by atoms with E-state index < -0.39 is 0 Å². The summed E-state index contributed by atoms with van der Waals surface area (Å²) in [7, 11) is 0. The minimum atomic E-state index is 0.444. The monoisotopic (exact) mass is 293 g/mol. The summed E-state index contributed by atoms with van der Waals surface area (Å²) < 4.78 is 2.06. The number of piperazine rings is 1. The van der Waals surface area contributed by atoms with Gasteiger partial charge in [0, 0.05) is 32.2 Å². The topological polar surface area (TPSA) is 45.5 Å². The molecule has 1 N–H and O–H groups in total. The second-order valence-electron chi connectivity index (χ2n) is 6.00. The number of rotatable bonds is 3. The molecule has 0 radical (unpaired) electrons. The highest BCUT2D eigenvalue weighted by Crippen LogP contribution is 2.25. The van der Waals surface area contributed by atoms with Gasteiger partial charge in [0.25, 0.3) is 0 Å². The van der Waals surface area contributed by atoms with Crippen molar-refractivity contribution < 1.29 is 0 Å². The van der Waals surface area contributed by atoms with E-state index in [1.807, 2.05) is 6.92 Å². The van der Waals surface area contributed by atoms with E-state index in [1.54, 1.807) is 11.3 Å². The fraction of sp³-hybridized carbons (Fsp3) is 0.714. The van der Waals surface area contributed by atoms with Crippen LogP contribution in [0.3, 0.4) is 0 Å². The second-order valence-corrected chi connectivity index (χ2v) is 7.16. The summed E-state index contributed by atoms with van der Waals surface area (Å²) >= 11 is 1.68. The van der Waals surface area contributed by atoms with Gasteiger partial charge in [-0.05, 0) is 19.8 Å². The van der Waals surface area contributed by atoms with Crippen LogP contribution >= 0.6 is 11.3 Å². The molecule has 1 atom stereocenters. The minimum absolute atomic E-state index is 0.444. The number of hydrogen-bond donors (Lipinski definition) is 1. The predicted molar refractivity (Wildman–Crippen MR) is 82.4 cm³/mol. The number of nitrogens with zero attached hydrogens (tertiary/aromatic N) is 4. The average molecular weight is 293 g/mol. The van der Waals surface area contributed by atoms with Crippen molar-refractivity contribution >= 4 is 16.3 Å². The molecule has 110 valence electrons. The fourth-order valence-electron chi connectivity index (χ4n) is 2.88. The van der Waals surface area contributed by atoms with Gasteiger partial charge < -0.3 is 5.32 Å². The smallest absolute Gasteiger partial charge is 0.212 e. The molecule has 2 aromatic heterocycles. The lowest BCUT2D eigenvalue weighted by Crippen LogP contribution is -2.48. The maximum atomic E-state index is 4.79. The Hall–Kier alpha value is -0.980. The molecule has 3 rings (SSSR count). The summed E-state index contributed by atoms with van der Waals surface area (Å²) in [6, 6.07) is 0.562. The lowest BCUT2D eigenvalue weighted by atomic mass is 10.1. The zero-order valence-electron chi connectivity index (χ0n) is 12.7. The van der Waals surface area contributed by atoms with Crippen LogP contribution in [-0.2, 0) is 6.54 Å². The Kier molecular flexibility index (Phi) is 3.79. The average Bonchev–Trinajstić information content (AvgIpc) is 2.87. The van der Waals surface area contributed by atoms with Gasteiger partial charge in [-0.15, -0.1) is 0 Å². The molecular weight excluding hydrogens is 270 g/mol. The van der Waals surface area contributed by atoms with Crippen LogP contribution in [0.5, 0.6) is 0 Å². The third-order valence-electron chi connectivity index (χ3n) is 3.80. The summed E-state index contributed by atoms with van der Waals surface area (Å²) in [6.45, 7) is 12.9. The molecule has 5 nitrogen and oxygen atoms in total. The molecule has 1 unspecified atom stereocenters. The third kappa shape index (κ3) is 2.60. The van der Waals surface area contributed by atoms with Crippen LogP contribution < -0.4 is 5.32 Å². The maximum absolute atomic E-state index is 4.79. The van der Waals surface area contributed by atoms with Crippen LogP contribution in [0.25, 0.3) is 4.96 Å². The van der Waals surface area contributed by atoms with Gasteiger partial charge in [0.15, 0.2) is 0 Å². The Labute approximate surface area is 124 Å². The van der Waals surface area contributed by atoms with E-state index in [9.17, 15) is 0 Å². The van der Waals surface area contributed by atoms with Crippen molar-refractivity contribution in [3.8, 4) is 0 Å². The summed E-state index contributed by atoms with van der Waals surface area (Å²) in [5.74, 6) is 0.444. The number of nitrogens with one attached hydrogen (secondary N) is 1. The highest BCUT2D eigenvalue weighted by molar-refractivity contribution is 7.16. The van der Waals surface area contributed by atoms with Crippen molar-refractivity contribution in [3.05, 3.63) is 16.4 Å². The van der Waals surface area contributed by atoms with E-state index in [1.165, 1.54) is 11.4 Å². The summed E-state index contributed by atoms with van der Waals surface area (Å²) in [5.41, 5.74) is 2.48. The van der Waals surface area contributed by atoms with Crippen molar-refractivity contribution in [1.82, 2.24) is 24.8 Å². The quantitative estimate of drug-likeness (QED) is 0.940. The molecule has 2 aromatic rings. The standard InChI is InChI=1S/C14H23N5S/c1-9(2)13-12(8-18-6-5-15-10(3)7-18)19-14(16-13)20-11(4)17-19/h9-10,15H,5-8H2,1-4H3. The van der Waals surface area contributed by atoms with E-state index in [4.69, 9.17) is 4.98 Å². The van der Waals surface area contributed by atoms with Gasteiger partial charge in [0.1, 0.15) is 5.01 Å². The summed E-state index contributed by atoms with van der Waals surface area (Å²) in [4.78, 5) is 8.33. The summed E-state index contributed by atoms with van der Waals surface area (Å²) in [5, 5.41) is 9.20. The number of aromatic nitrogens is 3. The first kappa shape index (κ1) is 14.0. The highest BCUT2D eigenvalue weighted by atomic mass is 32.1. The van der Waals surface area contributed by atoms with E-state index >= 15 is 0 Å². The van der Waals surface area contributed by atoms with Crippen molar-refractivity contribution in [3.63, 3.8) is 0 Å². The van der Waals surface area contributed by atoms with E-state index in [0.717, 1.165) is 36.1 Å². The first-order valence-electron chi connectivity index (χ1n) is 7.35. The molecule has 1 aliphatic rings. The van der Waals surface area contributed by atoms with Gasteiger partial charge >= 0.3 is 0 Å². The molecule has 0 saturated carbocycles. The third-order valence-corrected chi connectivity index (χ3v) is 4.63. The first-order chi connectivity index (χ1) is 9.54. The van der Waals surface area contributed by atoms with Gasteiger partial charge in [0.05, 0.1) is 11.4 Å². The molecule has 0 aromatic carbocycles. The number of hydrogen-bond acceptors (Lipinski definition) is 5. The molecule has 0 spiro atoms. The SMILES string of the molecule is Cc1nn2c(CN3CCNC(C)C3)c(C(C)C)nc2s1. The van der Waals surface area contributed by atoms with Crippen LogP contribution in [-0.4, -0.2) is 45.2 Å². The van der Waals surface area contributed by atoms with Gasteiger partial charge in [0.2, 0.25) is 4.96 Å². The summed E-state index contributed by atoms with van der Waals surface area (Å²) in [6.07, 6.45) is 0. The van der Waals surface area contributed by atoms with Crippen LogP contribution in [0.15, 0.2) is 0 Å². The molecule has 0 bridgehead atoms. The Morgan fingerprint density at radius 1 is 1.45 bits per heavy atom. The second kappa shape index (κ2) is 5.42. The van der Waals surface area contributed by atoms with Crippen LogP contribution in [0.1, 0.15) is 43.1 Å². The van der Waals surface area contributed by atoms with Gasteiger partial charge in [-0.25, -0.2) is 9.50 Å². The molecular formula is C14H23N5S. The van der Waals surface area contributed by atoms with Crippen molar-refractivity contribution in [2.75, 3.05) is 19.6 Å². The maximum Gasteiger partial charge on any atom is 0.212 e. The fourth-order valence-corrected chi connectivity index (χ4v) is 3.65. The Bertz CT molecular complexity index is 600. The molecule has 0 amide bonds. The molecule has 20 heavy (non-hydrogen) atoms. The van der Waals surface area contributed by atoms with Gasteiger partial charge in [-0.3, -0.25) is 4.90 Å². The van der Waals surface area contributed by atoms with E-state index in [0.29, 0.717) is 12.0 Å². The van der Waals surface area contributed by atoms with Crippen LogP contribution in [0.4, 0.5) is 0 Å². The van der Waals surface area contributed by atoms with Crippen molar-refractivity contribution in [2.45, 2.75) is 46.2 Å². The lowest BCUT2D eigenvalue weighted by Gasteiger charge is -2.31. The highest BCUT2D eigenvalue weighted by Gasteiger charge is 2.22. The predicted octanol–water partition coefficient (Wildman–Crippen LogP) is 2.02. The lowest BCUT2D eigenvalue weighted by molar-refractivity contribution is 0.196. The van der Waals surface area contributed by atoms with E-state index in [-0.39, 0.29) is 0 Å². The molecule has 1 aliphatic heterocycles. The number of fused-ring (bicyclic) bond motifs is 1. The normalized spacial score (nSPS) is 21.1. The van der Waals surface area contributed by atoms with Crippen molar-refractivity contribution in [2.24, 2.45) is 0 Å². The minimum Gasteiger partial charge on any atom is -0.312 e. The zero-order chi connectivity index (χ0) is 14.3. The van der Waals surface area contributed by atoms with Crippen LogP contribution in [0, 0.1) is 6.92 Å². The molecule has 0 aliphatic carbocycles. The Balaban J connectivity index is 1.93. The van der Waals surface area contributed by atoms with Gasteiger partial charge in [-0.1, -0.05) is 25.2 Å². The number of imidazole rings is 1. The molecule has 1 saturated heterocycles. The first-order valence-corrected chi connectivity index (χ1v) is 8.17. The Morgan fingerprint density at radius 2 is 2.25 bits per heavy atom. The van der Waals surface area contributed by atoms with E-state index in [2.05, 4.69) is 40.6 Å². The number of aryl methyl sites for hydroxylation is 1. The zero-order valence-corrected chi connectivity index (χ0v) is 13.5. The van der Waals surface area contributed by atoms with Crippen LogP contribution in [0.2, 0.25) is 0 Å².